The zero-order valence-electron chi connectivity index (χ0n) is 12.5. The van der Waals surface area contributed by atoms with E-state index in [-0.39, 0.29) is 11.5 Å². The third-order valence-electron chi connectivity index (χ3n) is 3.25. The first-order valence-electron chi connectivity index (χ1n) is 6.90. The Labute approximate surface area is 140 Å². The molecule has 2 aromatic rings. The summed E-state index contributed by atoms with van der Waals surface area (Å²) in [5.74, 6) is 0. The molecule has 0 spiro atoms. The fraction of sp³-hybridized carbons (Fsp3) is 0.438. The van der Waals surface area contributed by atoms with E-state index in [2.05, 4.69) is 31.1 Å². The average Bonchev–Trinajstić information content (AvgIpc) is 2.81. The largest absolute Gasteiger partial charge is 0.327 e. The molecule has 0 bridgehead atoms. The van der Waals surface area contributed by atoms with Crippen LogP contribution in [-0.4, -0.2) is 11.0 Å². The molecular formula is C16H20Cl2N2S. The van der Waals surface area contributed by atoms with Gasteiger partial charge >= 0.3 is 0 Å². The number of halogens is 2. The Hall–Kier alpha value is -0.610. The maximum absolute atomic E-state index is 6.24. The number of rotatable bonds is 4. The van der Waals surface area contributed by atoms with Gasteiger partial charge in [0.2, 0.25) is 0 Å². The Balaban J connectivity index is 2.01. The van der Waals surface area contributed by atoms with E-state index < -0.39 is 0 Å². The van der Waals surface area contributed by atoms with Crippen LogP contribution in [0.25, 0.3) is 0 Å². The second-order valence-corrected chi connectivity index (χ2v) is 8.07. The normalized spacial score (nSPS) is 13.4. The lowest BCUT2D eigenvalue weighted by atomic mass is 9.93. The minimum atomic E-state index is 0.00245. The molecule has 1 aromatic carbocycles. The molecule has 0 saturated carbocycles. The summed E-state index contributed by atoms with van der Waals surface area (Å²) in [5.41, 5.74) is 8.47. The van der Waals surface area contributed by atoms with Crippen LogP contribution in [0.15, 0.2) is 23.6 Å². The van der Waals surface area contributed by atoms with E-state index in [1.165, 1.54) is 0 Å². The van der Waals surface area contributed by atoms with Gasteiger partial charge in [0, 0.05) is 33.3 Å². The van der Waals surface area contributed by atoms with Crippen LogP contribution >= 0.6 is 34.5 Å². The summed E-state index contributed by atoms with van der Waals surface area (Å²) in [6.07, 6.45) is 1.49. The third-order valence-corrected chi connectivity index (χ3v) is 4.71. The molecule has 1 atom stereocenters. The summed E-state index contributed by atoms with van der Waals surface area (Å²) < 4.78 is 0. The zero-order chi connectivity index (χ0) is 15.6. The fourth-order valence-corrected chi connectivity index (χ4v) is 3.62. The molecule has 0 fully saturated rings. The highest BCUT2D eigenvalue weighted by atomic mass is 35.5. The Morgan fingerprint density at radius 1 is 1.24 bits per heavy atom. The molecule has 2 N–H and O–H groups in total. The van der Waals surface area contributed by atoms with Crippen LogP contribution in [-0.2, 0) is 18.3 Å². The van der Waals surface area contributed by atoms with E-state index in [0.29, 0.717) is 10.0 Å². The smallest absolute Gasteiger partial charge is 0.0944 e. The molecule has 2 rings (SSSR count). The van der Waals surface area contributed by atoms with Crippen LogP contribution in [0.3, 0.4) is 0 Å². The molecule has 1 unspecified atom stereocenters. The number of nitrogens with zero attached hydrogens (tertiary/aromatic N) is 1. The summed E-state index contributed by atoms with van der Waals surface area (Å²) in [5, 5.41) is 4.52. The van der Waals surface area contributed by atoms with Crippen LogP contribution < -0.4 is 5.73 Å². The lowest BCUT2D eigenvalue weighted by Crippen LogP contribution is -2.25. The van der Waals surface area contributed by atoms with Crippen molar-refractivity contribution < 1.29 is 0 Å². The monoisotopic (exact) mass is 342 g/mol. The summed E-state index contributed by atoms with van der Waals surface area (Å²) in [4.78, 5) is 4.68. The Kier molecular flexibility index (Phi) is 5.31. The SMILES string of the molecule is CC(C)(C)c1csc(CC(N)Cc2ccc(Cl)cc2Cl)n1. The predicted molar refractivity (Wildman–Crippen MR) is 92.7 cm³/mol. The van der Waals surface area contributed by atoms with Gasteiger partial charge in [-0.3, -0.25) is 0 Å². The van der Waals surface area contributed by atoms with Crippen LogP contribution in [0.4, 0.5) is 0 Å². The van der Waals surface area contributed by atoms with Crippen molar-refractivity contribution in [1.82, 2.24) is 4.98 Å². The van der Waals surface area contributed by atoms with Crippen molar-refractivity contribution in [1.29, 1.82) is 0 Å². The van der Waals surface area contributed by atoms with Gasteiger partial charge in [-0.25, -0.2) is 4.98 Å². The van der Waals surface area contributed by atoms with E-state index in [0.717, 1.165) is 29.1 Å². The van der Waals surface area contributed by atoms with Crippen molar-refractivity contribution in [2.45, 2.75) is 45.1 Å². The van der Waals surface area contributed by atoms with Gasteiger partial charge in [-0.1, -0.05) is 50.0 Å². The third kappa shape index (κ3) is 4.68. The highest BCUT2D eigenvalue weighted by Crippen LogP contribution is 2.25. The van der Waals surface area contributed by atoms with Crippen molar-refractivity contribution in [3.63, 3.8) is 0 Å². The van der Waals surface area contributed by atoms with Crippen molar-refractivity contribution in [2.75, 3.05) is 0 Å². The van der Waals surface area contributed by atoms with Gasteiger partial charge < -0.3 is 5.73 Å². The second kappa shape index (κ2) is 6.66. The van der Waals surface area contributed by atoms with E-state index in [1.54, 1.807) is 17.4 Å². The minimum absolute atomic E-state index is 0.00245. The first-order valence-corrected chi connectivity index (χ1v) is 8.53. The van der Waals surface area contributed by atoms with Crippen molar-refractivity contribution in [3.05, 3.63) is 49.9 Å². The topological polar surface area (TPSA) is 38.9 Å². The van der Waals surface area contributed by atoms with Crippen LogP contribution in [0.1, 0.15) is 37.0 Å². The van der Waals surface area contributed by atoms with E-state index in [9.17, 15) is 0 Å². The first kappa shape index (κ1) is 16.8. The number of hydrogen-bond donors (Lipinski definition) is 1. The number of hydrogen-bond acceptors (Lipinski definition) is 3. The molecule has 21 heavy (non-hydrogen) atoms. The Morgan fingerprint density at radius 2 is 1.95 bits per heavy atom. The van der Waals surface area contributed by atoms with Gasteiger partial charge in [-0.2, -0.15) is 0 Å². The van der Waals surface area contributed by atoms with E-state index in [1.807, 2.05) is 12.1 Å². The highest BCUT2D eigenvalue weighted by molar-refractivity contribution is 7.09. The van der Waals surface area contributed by atoms with Crippen LogP contribution in [0, 0.1) is 0 Å². The Morgan fingerprint density at radius 3 is 2.52 bits per heavy atom. The van der Waals surface area contributed by atoms with Crippen molar-refractivity contribution in [2.24, 2.45) is 5.73 Å². The summed E-state index contributed by atoms with van der Waals surface area (Å²) in [6, 6.07) is 5.54. The van der Waals surface area contributed by atoms with Gasteiger partial charge in [0.05, 0.1) is 10.7 Å². The summed E-state index contributed by atoms with van der Waals surface area (Å²) in [6.45, 7) is 6.50. The van der Waals surface area contributed by atoms with Gasteiger partial charge in [0.1, 0.15) is 0 Å². The fourth-order valence-electron chi connectivity index (χ4n) is 2.02. The quantitative estimate of drug-likeness (QED) is 0.861. The standard InChI is InChI=1S/C16H20Cl2N2S/c1-16(2,3)14-9-21-15(20-14)8-12(19)6-10-4-5-11(17)7-13(10)18/h4-5,7,9,12H,6,8,19H2,1-3H3. The Bertz CT molecular complexity index is 617. The van der Waals surface area contributed by atoms with Crippen LogP contribution in [0.5, 0.6) is 0 Å². The number of thiazole rings is 1. The molecule has 0 aliphatic rings. The number of benzene rings is 1. The number of aromatic nitrogens is 1. The molecule has 0 saturated heterocycles. The first-order chi connectivity index (χ1) is 9.75. The number of nitrogens with two attached hydrogens (primary N) is 1. The van der Waals surface area contributed by atoms with Gasteiger partial charge in [-0.05, 0) is 24.1 Å². The second-order valence-electron chi connectivity index (χ2n) is 6.28. The molecule has 5 heteroatoms. The van der Waals surface area contributed by atoms with Crippen molar-refractivity contribution >= 4 is 34.5 Å². The van der Waals surface area contributed by atoms with Crippen LogP contribution in [0.2, 0.25) is 10.0 Å². The maximum Gasteiger partial charge on any atom is 0.0944 e. The van der Waals surface area contributed by atoms with Gasteiger partial charge in [-0.15, -0.1) is 11.3 Å². The molecule has 0 amide bonds. The van der Waals surface area contributed by atoms with E-state index in [4.69, 9.17) is 28.9 Å². The minimum Gasteiger partial charge on any atom is -0.327 e. The molecule has 1 heterocycles. The molecule has 1 aromatic heterocycles. The molecule has 0 aliphatic heterocycles. The molecule has 0 radical (unpaired) electrons. The lowest BCUT2D eigenvalue weighted by molar-refractivity contribution is 0.567. The summed E-state index contributed by atoms with van der Waals surface area (Å²) >= 11 is 13.8. The molecular weight excluding hydrogens is 323 g/mol. The zero-order valence-corrected chi connectivity index (χ0v) is 14.8. The lowest BCUT2D eigenvalue weighted by Gasteiger charge is -2.15. The van der Waals surface area contributed by atoms with Gasteiger partial charge in [0.25, 0.3) is 0 Å². The van der Waals surface area contributed by atoms with Crippen molar-refractivity contribution in [3.8, 4) is 0 Å². The molecule has 2 nitrogen and oxygen atoms in total. The maximum atomic E-state index is 6.24. The van der Waals surface area contributed by atoms with Gasteiger partial charge in [0.15, 0.2) is 0 Å². The highest BCUT2D eigenvalue weighted by Gasteiger charge is 2.18. The molecule has 114 valence electrons. The van der Waals surface area contributed by atoms with E-state index >= 15 is 0 Å². The predicted octanol–water partition coefficient (Wildman–Crippen LogP) is 4.86. The average molecular weight is 343 g/mol. The molecule has 0 aliphatic carbocycles. The summed E-state index contributed by atoms with van der Waals surface area (Å²) in [7, 11) is 0.